The van der Waals surface area contributed by atoms with Crippen LogP contribution in [0.1, 0.15) is 15.9 Å². The second-order valence-electron chi connectivity index (χ2n) is 3.25. The number of alkyl halides is 2. The molecule has 0 saturated carbocycles. The van der Waals surface area contributed by atoms with Gasteiger partial charge in [-0.2, -0.15) is 8.78 Å². The number of carbonyl (C=O) groups is 2. The van der Waals surface area contributed by atoms with E-state index in [2.05, 4.69) is 0 Å². The summed E-state index contributed by atoms with van der Waals surface area (Å²) in [5.74, 6) is -2.02. The first-order chi connectivity index (χ1) is 7.04. The van der Waals surface area contributed by atoms with Crippen molar-refractivity contribution in [3.63, 3.8) is 0 Å². The van der Waals surface area contributed by atoms with Crippen molar-refractivity contribution in [1.29, 1.82) is 0 Å². The van der Waals surface area contributed by atoms with Gasteiger partial charge in [0.15, 0.2) is 0 Å². The van der Waals surface area contributed by atoms with Gasteiger partial charge in [0.25, 0.3) is 5.78 Å². The summed E-state index contributed by atoms with van der Waals surface area (Å²) < 4.78 is 25.2. The molecule has 0 bridgehead atoms. The molecule has 0 N–H and O–H groups in total. The first kappa shape index (κ1) is 9.76. The van der Waals surface area contributed by atoms with Gasteiger partial charge in [-0.05, 0) is 18.6 Å². The summed E-state index contributed by atoms with van der Waals surface area (Å²) in [5, 5.41) is 0. The Bertz CT molecular complexity index is 457. The van der Waals surface area contributed by atoms with E-state index in [1.807, 2.05) is 0 Å². The molecule has 0 aliphatic carbocycles. The average molecular weight is 211 g/mol. The van der Waals surface area contributed by atoms with E-state index in [9.17, 15) is 18.4 Å². The molecule has 1 heterocycles. The van der Waals surface area contributed by atoms with E-state index in [4.69, 9.17) is 0 Å². The van der Waals surface area contributed by atoms with Crippen LogP contribution in [0.2, 0.25) is 0 Å². The van der Waals surface area contributed by atoms with Crippen LogP contribution >= 0.6 is 0 Å². The lowest BCUT2D eigenvalue weighted by Crippen LogP contribution is -2.34. The summed E-state index contributed by atoms with van der Waals surface area (Å²) in [7, 11) is 0. The molecule has 0 unspecified atom stereocenters. The highest BCUT2D eigenvalue weighted by Crippen LogP contribution is 2.34. The fourth-order valence-electron chi connectivity index (χ4n) is 1.67. The Labute approximate surface area is 84.3 Å². The van der Waals surface area contributed by atoms with Gasteiger partial charge in [-0.15, -0.1) is 0 Å². The van der Waals surface area contributed by atoms with Crippen LogP contribution in [0.4, 0.5) is 14.5 Å². The number of amides is 1. The molecule has 0 saturated heterocycles. The summed E-state index contributed by atoms with van der Waals surface area (Å²) in [5.41, 5.74) is 0.579. The molecule has 78 valence electrons. The average Bonchev–Trinajstić information content (AvgIpc) is 2.43. The zero-order chi connectivity index (χ0) is 11.2. The van der Waals surface area contributed by atoms with Crippen molar-refractivity contribution in [2.45, 2.75) is 13.5 Å². The highest BCUT2D eigenvalue weighted by Gasteiger charge is 2.41. The third-order valence-electron chi connectivity index (χ3n) is 2.33. The van der Waals surface area contributed by atoms with Gasteiger partial charge in [0.1, 0.15) is 0 Å². The number of hydrogen-bond acceptors (Lipinski definition) is 2. The Hall–Kier alpha value is -1.78. The number of rotatable bonds is 1. The molecular formula is C10H7F2NO2. The molecule has 1 amide bonds. The largest absolute Gasteiger partial charge is 0.321 e. The molecule has 0 radical (unpaired) electrons. The summed E-state index contributed by atoms with van der Waals surface area (Å²) >= 11 is 0. The molecule has 0 aromatic heterocycles. The van der Waals surface area contributed by atoms with E-state index in [-0.39, 0.29) is 16.2 Å². The van der Waals surface area contributed by atoms with Crippen molar-refractivity contribution >= 4 is 17.4 Å². The number of Topliss-reactive ketones (excluding diaryl/α,β-unsaturated/α-hetero) is 1. The van der Waals surface area contributed by atoms with Gasteiger partial charge < -0.3 is 0 Å². The maximum absolute atomic E-state index is 12.6. The quantitative estimate of drug-likeness (QED) is 0.524. The number of fused-ring (bicyclic) bond motifs is 1. The minimum Gasteiger partial charge on any atom is -0.283 e. The lowest BCUT2D eigenvalue weighted by molar-refractivity contribution is -0.116. The van der Waals surface area contributed by atoms with Gasteiger partial charge in [-0.3, -0.25) is 9.59 Å². The van der Waals surface area contributed by atoms with Crippen LogP contribution in [0, 0.1) is 6.92 Å². The molecular weight excluding hydrogens is 204 g/mol. The third-order valence-corrected chi connectivity index (χ3v) is 2.33. The SMILES string of the molecule is Cc1cccc2c1N(C(F)F)C(=O)C2=O. The molecule has 0 spiro atoms. The molecule has 15 heavy (non-hydrogen) atoms. The number of aryl methyl sites for hydroxylation is 1. The van der Waals surface area contributed by atoms with Gasteiger partial charge in [0.2, 0.25) is 0 Å². The summed E-state index contributed by atoms with van der Waals surface area (Å²) in [6.45, 7) is -1.40. The van der Waals surface area contributed by atoms with Crippen LogP contribution < -0.4 is 4.90 Å². The van der Waals surface area contributed by atoms with Gasteiger partial charge in [0, 0.05) is 0 Å². The molecule has 1 aromatic carbocycles. The Morgan fingerprint density at radius 1 is 1.27 bits per heavy atom. The molecule has 0 atom stereocenters. The second-order valence-corrected chi connectivity index (χ2v) is 3.25. The Morgan fingerprint density at radius 3 is 2.53 bits per heavy atom. The zero-order valence-electron chi connectivity index (χ0n) is 7.83. The Morgan fingerprint density at radius 2 is 1.93 bits per heavy atom. The highest BCUT2D eigenvalue weighted by atomic mass is 19.3. The normalized spacial score (nSPS) is 15.1. The van der Waals surface area contributed by atoms with E-state index in [0.29, 0.717) is 5.56 Å². The van der Waals surface area contributed by atoms with Gasteiger partial charge in [-0.1, -0.05) is 12.1 Å². The molecule has 0 fully saturated rings. The van der Waals surface area contributed by atoms with E-state index in [1.54, 1.807) is 19.1 Å². The predicted octanol–water partition coefficient (Wildman–Crippen LogP) is 1.75. The molecule has 1 aliphatic rings. The third kappa shape index (κ3) is 1.23. The van der Waals surface area contributed by atoms with Crippen molar-refractivity contribution in [3.8, 4) is 0 Å². The van der Waals surface area contributed by atoms with Crippen LogP contribution in [-0.4, -0.2) is 18.2 Å². The maximum atomic E-state index is 12.6. The van der Waals surface area contributed by atoms with Gasteiger partial charge >= 0.3 is 12.5 Å². The molecule has 2 rings (SSSR count). The smallest absolute Gasteiger partial charge is 0.283 e. The minimum absolute atomic E-state index is 0.0301. The van der Waals surface area contributed by atoms with E-state index in [1.165, 1.54) is 6.07 Å². The van der Waals surface area contributed by atoms with Crippen LogP contribution in [0.25, 0.3) is 0 Å². The summed E-state index contributed by atoms with van der Waals surface area (Å²) in [6, 6.07) is 4.53. The fourth-order valence-corrected chi connectivity index (χ4v) is 1.67. The monoisotopic (exact) mass is 211 g/mol. The maximum Gasteiger partial charge on any atom is 0.321 e. The summed E-state index contributed by atoms with van der Waals surface area (Å²) in [6.07, 6.45) is 0. The van der Waals surface area contributed by atoms with Crippen LogP contribution in [0.15, 0.2) is 18.2 Å². The predicted molar refractivity (Wildman–Crippen MR) is 49.0 cm³/mol. The van der Waals surface area contributed by atoms with Gasteiger partial charge in [0.05, 0.1) is 11.3 Å². The number of nitrogens with zero attached hydrogens (tertiary/aromatic N) is 1. The number of ketones is 1. The summed E-state index contributed by atoms with van der Waals surface area (Å²) in [4.78, 5) is 22.8. The topological polar surface area (TPSA) is 37.4 Å². The number of benzene rings is 1. The highest BCUT2D eigenvalue weighted by molar-refractivity contribution is 6.52. The second kappa shape index (κ2) is 3.12. The number of hydrogen-bond donors (Lipinski definition) is 0. The van der Waals surface area contributed by atoms with Crippen molar-refractivity contribution in [1.82, 2.24) is 0 Å². The molecule has 1 aliphatic heterocycles. The Kier molecular flexibility index (Phi) is 2.03. The van der Waals surface area contributed by atoms with Crippen molar-refractivity contribution < 1.29 is 18.4 Å². The van der Waals surface area contributed by atoms with E-state index in [0.717, 1.165) is 0 Å². The van der Waals surface area contributed by atoms with Crippen LogP contribution in [-0.2, 0) is 4.79 Å². The van der Waals surface area contributed by atoms with E-state index < -0.39 is 18.2 Å². The molecule has 3 nitrogen and oxygen atoms in total. The van der Waals surface area contributed by atoms with E-state index >= 15 is 0 Å². The minimum atomic E-state index is -2.98. The van der Waals surface area contributed by atoms with Crippen molar-refractivity contribution in [2.75, 3.05) is 4.90 Å². The first-order valence-electron chi connectivity index (χ1n) is 4.29. The number of para-hydroxylation sites is 1. The first-order valence-corrected chi connectivity index (χ1v) is 4.29. The Balaban J connectivity index is 2.67. The number of halogens is 2. The molecule has 5 heteroatoms. The van der Waals surface area contributed by atoms with Crippen LogP contribution in [0.5, 0.6) is 0 Å². The van der Waals surface area contributed by atoms with Crippen molar-refractivity contribution in [2.24, 2.45) is 0 Å². The zero-order valence-corrected chi connectivity index (χ0v) is 7.83. The lowest BCUT2D eigenvalue weighted by atomic mass is 10.1. The fraction of sp³-hybridized carbons (Fsp3) is 0.200. The van der Waals surface area contributed by atoms with Crippen LogP contribution in [0.3, 0.4) is 0 Å². The number of carbonyl (C=O) groups excluding carboxylic acids is 2. The standard InChI is InChI=1S/C10H7F2NO2/c1-5-3-2-4-6-7(5)13(10(11)12)9(15)8(6)14/h2-4,10H,1H3. The van der Waals surface area contributed by atoms with Crippen molar-refractivity contribution in [3.05, 3.63) is 29.3 Å². The van der Waals surface area contributed by atoms with Gasteiger partial charge in [-0.25, -0.2) is 4.90 Å². The molecule has 1 aromatic rings. The lowest BCUT2D eigenvalue weighted by Gasteiger charge is -2.16. The number of anilines is 1.